The van der Waals surface area contributed by atoms with E-state index in [1.165, 1.54) is 11.1 Å². The Morgan fingerprint density at radius 2 is 1.90 bits per heavy atom. The van der Waals surface area contributed by atoms with Gasteiger partial charge in [-0.3, -0.25) is 4.79 Å². The summed E-state index contributed by atoms with van der Waals surface area (Å²) in [7, 11) is 1.67. The van der Waals surface area contributed by atoms with E-state index in [1.807, 2.05) is 30.3 Å². The van der Waals surface area contributed by atoms with E-state index in [-0.39, 0.29) is 5.92 Å². The Morgan fingerprint density at radius 1 is 1.10 bits per heavy atom. The second-order valence-electron chi connectivity index (χ2n) is 5.27. The van der Waals surface area contributed by atoms with Gasteiger partial charge in [0.05, 0.1) is 7.11 Å². The number of carbonyl (C=O) groups is 1. The zero-order valence-corrected chi connectivity index (χ0v) is 11.6. The summed E-state index contributed by atoms with van der Waals surface area (Å²) in [6.07, 6.45) is 2.28. The summed E-state index contributed by atoms with van der Waals surface area (Å²) < 4.78 is 5.30. The van der Waals surface area contributed by atoms with Gasteiger partial charge in [-0.25, -0.2) is 0 Å². The van der Waals surface area contributed by atoms with Crippen LogP contribution in [0.5, 0.6) is 5.75 Å². The number of benzene rings is 2. The quantitative estimate of drug-likeness (QED) is 0.849. The molecule has 2 heteroatoms. The van der Waals surface area contributed by atoms with Crippen molar-refractivity contribution in [3.8, 4) is 5.75 Å². The van der Waals surface area contributed by atoms with Gasteiger partial charge in [-0.2, -0.15) is 0 Å². The van der Waals surface area contributed by atoms with E-state index >= 15 is 0 Å². The lowest BCUT2D eigenvalue weighted by molar-refractivity contribution is -0.120. The molecule has 0 spiro atoms. The van der Waals surface area contributed by atoms with Crippen molar-refractivity contribution in [3.05, 3.63) is 65.2 Å². The van der Waals surface area contributed by atoms with E-state index < -0.39 is 0 Å². The van der Waals surface area contributed by atoms with Crippen LogP contribution in [0.25, 0.3) is 0 Å². The van der Waals surface area contributed by atoms with Crippen molar-refractivity contribution in [2.24, 2.45) is 0 Å². The van der Waals surface area contributed by atoms with Crippen LogP contribution in [-0.2, 0) is 17.6 Å². The van der Waals surface area contributed by atoms with Crippen molar-refractivity contribution < 1.29 is 9.53 Å². The minimum atomic E-state index is -0.0313. The monoisotopic (exact) mass is 266 g/mol. The molecule has 1 atom stereocenters. The second kappa shape index (κ2) is 5.49. The first-order valence-electron chi connectivity index (χ1n) is 7.01. The minimum Gasteiger partial charge on any atom is -0.497 e. The highest BCUT2D eigenvalue weighted by Crippen LogP contribution is 2.34. The molecule has 2 aromatic carbocycles. The smallest absolute Gasteiger partial charge is 0.141 e. The van der Waals surface area contributed by atoms with Crippen LogP contribution < -0.4 is 4.74 Å². The number of rotatable bonds is 3. The molecule has 0 aromatic heterocycles. The number of methoxy groups -OCH3 is 1. The second-order valence-corrected chi connectivity index (χ2v) is 5.27. The predicted octanol–water partition coefficient (Wildman–Crippen LogP) is 3.54. The van der Waals surface area contributed by atoms with Crippen LogP contribution in [0.2, 0.25) is 0 Å². The lowest BCUT2D eigenvalue weighted by Gasteiger charge is -2.25. The van der Waals surface area contributed by atoms with Gasteiger partial charge in [-0.15, -0.1) is 0 Å². The first-order valence-corrected chi connectivity index (χ1v) is 7.01. The van der Waals surface area contributed by atoms with Crippen LogP contribution in [0.1, 0.15) is 29.0 Å². The van der Waals surface area contributed by atoms with E-state index in [2.05, 4.69) is 18.2 Å². The summed E-state index contributed by atoms with van der Waals surface area (Å²) in [6, 6.07) is 16.3. The van der Waals surface area contributed by atoms with Gasteiger partial charge in [-0.05, 0) is 41.7 Å². The highest BCUT2D eigenvalue weighted by Gasteiger charge is 2.28. The maximum absolute atomic E-state index is 12.3. The molecule has 0 heterocycles. The van der Waals surface area contributed by atoms with Gasteiger partial charge in [-0.1, -0.05) is 36.4 Å². The van der Waals surface area contributed by atoms with Gasteiger partial charge >= 0.3 is 0 Å². The fourth-order valence-corrected chi connectivity index (χ4v) is 2.93. The van der Waals surface area contributed by atoms with E-state index in [0.29, 0.717) is 12.2 Å². The molecule has 0 fully saturated rings. The average molecular weight is 266 g/mol. The standard InChI is InChI=1S/C18H18O2/c1-20-15-9-7-14-8-10-18(19)17(16(14)12-15)11-13-5-3-2-4-6-13/h2-7,9,12,17H,8,10-11H2,1H3. The van der Waals surface area contributed by atoms with Crippen LogP contribution in [0.15, 0.2) is 48.5 Å². The molecular formula is C18H18O2. The third-order valence-corrected chi connectivity index (χ3v) is 4.04. The molecule has 1 unspecified atom stereocenters. The zero-order chi connectivity index (χ0) is 13.9. The number of Topliss-reactive ketones (excluding diaryl/α,β-unsaturated/α-hetero) is 1. The van der Waals surface area contributed by atoms with Gasteiger partial charge in [0.2, 0.25) is 0 Å². The van der Waals surface area contributed by atoms with Crippen LogP contribution in [0, 0.1) is 0 Å². The molecular weight excluding hydrogens is 248 g/mol. The molecule has 2 nitrogen and oxygen atoms in total. The number of ether oxygens (including phenoxy) is 1. The Balaban J connectivity index is 1.96. The summed E-state index contributed by atoms with van der Waals surface area (Å²) >= 11 is 0. The van der Waals surface area contributed by atoms with E-state index in [4.69, 9.17) is 4.74 Å². The normalized spacial score (nSPS) is 17.6. The fourth-order valence-electron chi connectivity index (χ4n) is 2.93. The summed E-state index contributed by atoms with van der Waals surface area (Å²) in [6.45, 7) is 0. The van der Waals surface area contributed by atoms with Crippen LogP contribution >= 0.6 is 0 Å². The third kappa shape index (κ3) is 2.46. The van der Waals surface area contributed by atoms with Gasteiger partial charge in [0, 0.05) is 12.3 Å². The molecule has 0 saturated heterocycles. The summed E-state index contributed by atoms with van der Waals surface area (Å²) in [4.78, 5) is 12.3. The number of ketones is 1. The number of fused-ring (bicyclic) bond motifs is 1. The van der Waals surface area contributed by atoms with Crippen molar-refractivity contribution in [3.63, 3.8) is 0 Å². The van der Waals surface area contributed by atoms with Crippen molar-refractivity contribution in [2.75, 3.05) is 7.11 Å². The van der Waals surface area contributed by atoms with Crippen molar-refractivity contribution in [1.29, 1.82) is 0 Å². The third-order valence-electron chi connectivity index (χ3n) is 4.04. The fraction of sp³-hybridized carbons (Fsp3) is 0.278. The highest BCUT2D eigenvalue weighted by atomic mass is 16.5. The maximum Gasteiger partial charge on any atom is 0.141 e. The Labute approximate surface area is 119 Å². The molecule has 1 aliphatic carbocycles. The molecule has 0 amide bonds. The summed E-state index contributed by atoms with van der Waals surface area (Å²) in [5, 5.41) is 0. The molecule has 0 bridgehead atoms. The van der Waals surface area contributed by atoms with Crippen molar-refractivity contribution >= 4 is 5.78 Å². The van der Waals surface area contributed by atoms with Crippen LogP contribution in [0.4, 0.5) is 0 Å². The topological polar surface area (TPSA) is 26.3 Å². The Bertz CT molecular complexity index is 617. The number of aryl methyl sites for hydroxylation is 1. The minimum absolute atomic E-state index is 0.0313. The Hall–Kier alpha value is -2.09. The summed E-state index contributed by atoms with van der Waals surface area (Å²) in [5.74, 6) is 1.14. The number of hydrogen-bond donors (Lipinski definition) is 0. The highest BCUT2D eigenvalue weighted by molar-refractivity contribution is 5.88. The lowest BCUT2D eigenvalue weighted by atomic mass is 9.78. The van der Waals surface area contributed by atoms with Crippen LogP contribution in [-0.4, -0.2) is 12.9 Å². The molecule has 20 heavy (non-hydrogen) atoms. The lowest BCUT2D eigenvalue weighted by Crippen LogP contribution is -2.22. The van der Waals surface area contributed by atoms with Gasteiger partial charge in [0.15, 0.2) is 0 Å². The van der Waals surface area contributed by atoms with E-state index in [0.717, 1.165) is 24.2 Å². The molecule has 102 valence electrons. The first kappa shape index (κ1) is 12.9. The van der Waals surface area contributed by atoms with E-state index in [9.17, 15) is 4.79 Å². The van der Waals surface area contributed by atoms with Gasteiger partial charge < -0.3 is 4.74 Å². The molecule has 1 aliphatic rings. The average Bonchev–Trinajstić information content (AvgIpc) is 2.51. The summed E-state index contributed by atoms with van der Waals surface area (Å²) in [5.41, 5.74) is 3.64. The number of carbonyl (C=O) groups excluding carboxylic acids is 1. The van der Waals surface area contributed by atoms with Crippen LogP contribution in [0.3, 0.4) is 0 Å². The molecule has 0 radical (unpaired) electrons. The molecule has 3 rings (SSSR count). The molecule has 0 N–H and O–H groups in total. The number of hydrogen-bond acceptors (Lipinski definition) is 2. The largest absolute Gasteiger partial charge is 0.497 e. The van der Waals surface area contributed by atoms with Crippen molar-refractivity contribution in [2.45, 2.75) is 25.2 Å². The Kier molecular flexibility index (Phi) is 3.55. The first-order chi connectivity index (χ1) is 9.78. The predicted molar refractivity (Wildman–Crippen MR) is 79.2 cm³/mol. The van der Waals surface area contributed by atoms with E-state index in [1.54, 1.807) is 7.11 Å². The molecule has 0 aliphatic heterocycles. The van der Waals surface area contributed by atoms with Gasteiger partial charge in [0.1, 0.15) is 11.5 Å². The molecule has 2 aromatic rings. The Morgan fingerprint density at radius 3 is 2.65 bits per heavy atom. The van der Waals surface area contributed by atoms with Gasteiger partial charge in [0.25, 0.3) is 0 Å². The molecule has 0 saturated carbocycles. The SMILES string of the molecule is COc1ccc2c(c1)C(Cc1ccccc1)C(=O)CC2. The maximum atomic E-state index is 12.3. The van der Waals surface area contributed by atoms with Crippen molar-refractivity contribution in [1.82, 2.24) is 0 Å². The zero-order valence-electron chi connectivity index (χ0n) is 11.6.